The molecule has 1 atom stereocenters. The molecule has 2 aromatic rings. The number of nitrogens with zero attached hydrogens (tertiary/aromatic N) is 3. The minimum atomic E-state index is -0.334. The van der Waals surface area contributed by atoms with E-state index in [1.54, 1.807) is 18.3 Å². The van der Waals surface area contributed by atoms with Crippen LogP contribution in [0.3, 0.4) is 0 Å². The van der Waals surface area contributed by atoms with Crippen LogP contribution in [0.5, 0.6) is 0 Å². The summed E-state index contributed by atoms with van der Waals surface area (Å²) >= 11 is 1.64. The summed E-state index contributed by atoms with van der Waals surface area (Å²) in [4.78, 5) is 18.7. The number of likely N-dealkylation sites (tertiary alicyclic amines) is 1. The third-order valence-corrected chi connectivity index (χ3v) is 5.26. The van der Waals surface area contributed by atoms with Crippen molar-refractivity contribution < 1.29 is 4.79 Å². The van der Waals surface area contributed by atoms with Gasteiger partial charge in [-0.25, -0.2) is 4.98 Å². The van der Waals surface area contributed by atoms with Crippen LogP contribution < -0.4 is 5.32 Å². The van der Waals surface area contributed by atoms with E-state index < -0.39 is 0 Å². The van der Waals surface area contributed by atoms with Gasteiger partial charge in [0, 0.05) is 57.1 Å². The zero-order valence-electron chi connectivity index (χ0n) is 13.3. The van der Waals surface area contributed by atoms with Crippen molar-refractivity contribution in [2.24, 2.45) is 7.05 Å². The third kappa shape index (κ3) is 3.08. The molecule has 1 fully saturated rings. The molecule has 3 rings (SSSR count). The van der Waals surface area contributed by atoms with Gasteiger partial charge >= 0.3 is 0 Å². The van der Waals surface area contributed by atoms with E-state index in [0.717, 1.165) is 36.8 Å². The molecule has 5 nitrogen and oxygen atoms in total. The lowest BCUT2D eigenvalue weighted by Gasteiger charge is -2.28. The molecule has 2 aromatic heterocycles. The number of carbonyl (C=O) groups is 1. The summed E-state index contributed by atoms with van der Waals surface area (Å²) < 4.78 is 2.07. The van der Waals surface area contributed by atoms with Gasteiger partial charge in [-0.1, -0.05) is 0 Å². The van der Waals surface area contributed by atoms with E-state index >= 15 is 0 Å². The van der Waals surface area contributed by atoms with Crippen LogP contribution in [-0.4, -0.2) is 33.4 Å². The molecule has 0 bridgehead atoms. The zero-order valence-corrected chi connectivity index (χ0v) is 14.1. The Balaban J connectivity index is 1.79. The molecule has 1 saturated heterocycles. The number of thiazole rings is 1. The molecule has 0 radical (unpaired) electrons. The van der Waals surface area contributed by atoms with Gasteiger partial charge in [0.2, 0.25) is 5.91 Å². The monoisotopic (exact) mass is 318 g/mol. The Morgan fingerprint density at radius 3 is 2.95 bits per heavy atom. The molecule has 22 heavy (non-hydrogen) atoms. The molecule has 0 saturated carbocycles. The van der Waals surface area contributed by atoms with Crippen LogP contribution in [0.4, 0.5) is 0 Å². The molecule has 0 aliphatic carbocycles. The predicted molar refractivity (Wildman–Crippen MR) is 87.7 cm³/mol. The molecule has 6 heteroatoms. The van der Waals surface area contributed by atoms with Crippen molar-refractivity contribution in [1.82, 2.24) is 19.8 Å². The van der Waals surface area contributed by atoms with Gasteiger partial charge in [-0.05, 0) is 25.0 Å². The van der Waals surface area contributed by atoms with Gasteiger partial charge in [0.1, 0.15) is 10.5 Å². The van der Waals surface area contributed by atoms with Gasteiger partial charge in [0.05, 0.1) is 0 Å². The van der Waals surface area contributed by atoms with Gasteiger partial charge in [-0.2, -0.15) is 0 Å². The highest BCUT2D eigenvalue weighted by molar-refractivity contribution is 7.09. The van der Waals surface area contributed by atoms with Crippen molar-refractivity contribution >= 4 is 17.2 Å². The van der Waals surface area contributed by atoms with Crippen LogP contribution in [0.2, 0.25) is 0 Å². The second-order valence-electron chi connectivity index (χ2n) is 6.20. The number of nitrogens with one attached hydrogen (secondary N) is 1. The van der Waals surface area contributed by atoms with E-state index in [1.165, 1.54) is 5.56 Å². The Morgan fingerprint density at radius 2 is 2.36 bits per heavy atom. The first-order valence-corrected chi connectivity index (χ1v) is 8.39. The Labute approximate surface area is 135 Å². The lowest BCUT2D eigenvalue weighted by molar-refractivity contribution is -0.120. The molecular formula is C16H22N4OS. The molecule has 1 amide bonds. The zero-order chi connectivity index (χ0) is 15.7. The predicted octanol–water partition coefficient (Wildman–Crippen LogP) is 2.03. The van der Waals surface area contributed by atoms with E-state index in [1.807, 2.05) is 14.0 Å². The fourth-order valence-corrected chi connectivity index (χ4v) is 4.15. The van der Waals surface area contributed by atoms with Crippen LogP contribution >= 0.6 is 11.3 Å². The summed E-state index contributed by atoms with van der Waals surface area (Å²) in [6.45, 7) is 6.27. The standard InChI is InChI=1S/C16H22N4OS/c1-12-10-22-15(17-12)16(18-13(2)21)5-7-20(11-16)9-14-4-6-19(3)8-14/h4,6,8,10H,5,7,9,11H2,1-3H3,(H,18,21). The molecule has 3 heterocycles. The Bertz CT molecular complexity index is 677. The number of hydrogen-bond acceptors (Lipinski definition) is 4. The van der Waals surface area contributed by atoms with E-state index in [-0.39, 0.29) is 11.4 Å². The van der Waals surface area contributed by atoms with Crippen LogP contribution in [-0.2, 0) is 23.9 Å². The minimum absolute atomic E-state index is 0.00872. The number of aromatic nitrogens is 2. The summed E-state index contributed by atoms with van der Waals surface area (Å²) in [6, 6.07) is 2.14. The van der Waals surface area contributed by atoms with E-state index in [4.69, 9.17) is 0 Å². The third-order valence-electron chi connectivity index (χ3n) is 4.09. The molecule has 1 N–H and O–H groups in total. The first-order chi connectivity index (χ1) is 10.5. The van der Waals surface area contributed by atoms with Crippen LogP contribution in [0.1, 0.15) is 29.6 Å². The smallest absolute Gasteiger partial charge is 0.217 e. The second kappa shape index (κ2) is 5.85. The molecule has 1 aliphatic rings. The minimum Gasteiger partial charge on any atom is -0.357 e. The maximum atomic E-state index is 11.7. The Kier molecular flexibility index (Phi) is 4.06. The number of aryl methyl sites for hydroxylation is 2. The molecule has 0 spiro atoms. The highest BCUT2D eigenvalue weighted by atomic mass is 32.1. The summed E-state index contributed by atoms with van der Waals surface area (Å²) in [5, 5.41) is 6.25. The van der Waals surface area contributed by atoms with Crippen LogP contribution in [0.15, 0.2) is 23.8 Å². The Morgan fingerprint density at radius 1 is 1.55 bits per heavy atom. The van der Waals surface area contributed by atoms with Gasteiger partial charge in [-0.15, -0.1) is 11.3 Å². The molecule has 0 aromatic carbocycles. The number of rotatable bonds is 4. The van der Waals surface area contributed by atoms with Crippen LogP contribution in [0.25, 0.3) is 0 Å². The average Bonchev–Trinajstić information content (AvgIpc) is 3.12. The molecule has 118 valence electrons. The van der Waals surface area contributed by atoms with Gasteiger partial charge in [-0.3, -0.25) is 9.69 Å². The van der Waals surface area contributed by atoms with E-state index in [0.29, 0.717) is 0 Å². The first-order valence-electron chi connectivity index (χ1n) is 7.51. The van der Waals surface area contributed by atoms with E-state index in [9.17, 15) is 4.79 Å². The largest absolute Gasteiger partial charge is 0.357 e. The Hall–Kier alpha value is -1.66. The lowest BCUT2D eigenvalue weighted by Crippen LogP contribution is -2.47. The maximum absolute atomic E-state index is 11.7. The lowest BCUT2D eigenvalue weighted by atomic mass is 9.99. The summed E-state index contributed by atoms with van der Waals surface area (Å²) in [5.74, 6) is 0.00872. The van der Waals surface area contributed by atoms with Gasteiger partial charge < -0.3 is 9.88 Å². The first kappa shape index (κ1) is 15.2. The highest BCUT2D eigenvalue weighted by Gasteiger charge is 2.42. The van der Waals surface area contributed by atoms with Crippen molar-refractivity contribution in [2.75, 3.05) is 13.1 Å². The fourth-order valence-electron chi connectivity index (χ4n) is 3.18. The maximum Gasteiger partial charge on any atom is 0.217 e. The second-order valence-corrected chi connectivity index (χ2v) is 7.06. The number of amides is 1. The number of carbonyl (C=O) groups excluding carboxylic acids is 1. The van der Waals surface area contributed by atoms with Crippen LogP contribution in [0, 0.1) is 6.92 Å². The molecular weight excluding hydrogens is 296 g/mol. The summed E-state index contributed by atoms with van der Waals surface area (Å²) in [5.41, 5.74) is 1.99. The van der Waals surface area contributed by atoms with Crippen molar-refractivity contribution in [3.8, 4) is 0 Å². The van der Waals surface area contributed by atoms with E-state index in [2.05, 4.69) is 43.6 Å². The average molecular weight is 318 g/mol. The number of hydrogen-bond donors (Lipinski definition) is 1. The van der Waals surface area contributed by atoms with Crippen molar-refractivity contribution in [1.29, 1.82) is 0 Å². The van der Waals surface area contributed by atoms with Crippen molar-refractivity contribution in [3.05, 3.63) is 40.1 Å². The fraction of sp³-hybridized carbons (Fsp3) is 0.500. The van der Waals surface area contributed by atoms with Crippen molar-refractivity contribution in [2.45, 2.75) is 32.4 Å². The van der Waals surface area contributed by atoms with Crippen molar-refractivity contribution in [3.63, 3.8) is 0 Å². The molecule has 1 aliphatic heterocycles. The quantitative estimate of drug-likeness (QED) is 0.938. The normalized spacial score (nSPS) is 22.1. The highest BCUT2D eigenvalue weighted by Crippen LogP contribution is 2.34. The van der Waals surface area contributed by atoms with Gasteiger partial charge in [0.15, 0.2) is 0 Å². The summed E-state index contributed by atoms with van der Waals surface area (Å²) in [7, 11) is 2.04. The molecule has 1 unspecified atom stereocenters. The SMILES string of the molecule is CC(=O)NC1(c2nc(C)cs2)CCN(Cc2ccn(C)c2)C1. The topological polar surface area (TPSA) is 50.2 Å². The summed E-state index contributed by atoms with van der Waals surface area (Å²) in [6.07, 6.45) is 5.12. The van der Waals surface area contributed by atoms with Gasteiger partial charge in [0.25, 0.3) is 0 Å².